The average molecular weight is 313 g/mol. The average Bonchev–Trinajstić information content (AvgIpc) is 2.53. The lowest BCUT2D eigenvalue weighted by molar-refractivity contribution is -0.119. The fraction of sp³-hybridized carbons (Fsp3) is 0.222. The van der Waals surface area contributed by atoms with Gasteiger partial charge in [0.25, 0.3) is 5.91 Å². The van der Waals surface area contributed by atoms with Crippen molar-refractivity contribution in [2.45, 2.75) is 20.3 Å². The van der Waals surface area contributed by atoms with E-state index in [4.69, 9.17) is 4.74 Å². The predicted octanol–water partition coefficient (Wildman–Crippen LogP) is 3.06. The van der Waals surface area contributed by atoms with Crippen molar-refractivity contribution >= 4 is 17.6 Å². The van der Waals surface area contributed by atoms with Gasteiger partial charge in [0.15, 0.2) is 6.61 Å². The Morgan fingerprint density at radius 2 is 1.83 bits per heavy atom. The van der Waals surface area contributed by atoms with Crippen LogP contribution in [0.3, 0.4) is 0 Å². The second kappa shape index (κ2) is 7.45. The van der Waals surface area contributed by atoms with Gasteiger partial charge in [-0.05, 0) is 48.7 Å². The molecule has 0 saturated carbocycles. The zero-order chi connectivity index (χ0) is 16.8. The highest BCUT2D eigenvalue weighted by Crippen LogP contribution is 2.19. The molecule has 5 heteroatoms. The Hall–Kier alpha value is -2.82. The maximum Gasteiger partial charge on any atom is 0.342 e. The number of phenolic OH excluding ortho intramolecular Hbond substituents is 1. The molecule has 0 atom stereocenters. The smallest absolute Gasteiger partial charge is 0.342 e. The molecule has 1 amide bonds. The van der Waals surface area contributed by atoms with Crippen molar-refractivity contribution in [1.29, 1.82) is 0 Å². The fourth-order valence-electron chi connectivity index (χ4n) is 2.04. The third-order valence-corrected chi connectivity index (χ3v) is 3.35. The molecule has 0 radical (unpaired) electrons. The third-order valence-electron chi connectivity index (χ3n) is 3.35. The Morgan fingerprint density at radius 1 is 1.13 bits per heavy atom. The molecule has 0 heterocycles. The molecule has 0 aromatic heterocycles. The van der Waals surface area contributed by atoms with Gasteiger partial charge in [0, 0.05) is 5.69 Å². The first kappa shape index (κ1) is 16.5. The monoisotopic (exact) mass is 313 g/mol. The second-order valence-electron chi connectivity index (χ2n) is 5.20. The number of benzene rings is 2. The van der Waals surface area contributed by atoms with E-state index >= 15 is 0 Å². The van der Waals surface area contributed by atoms with Crippen molar-refractivity contribution in [1.82, 2.24) is 0 Å². The summed E-state index contributed by atoms with van der Waals surface area (Å²) in [4.78, 5) is 23.6. The molecule has 0 aliphatic carbocycles. The molecule has 0 aliphatic rings. The molecular formula is C18H19NO4. The van der Waals surface area contributed by atoms with Crippen molar-refractivity contribution in [3.8, 4) is 5.75 Å². The van der Waals surface area contributed by atoms with Crippen LogP contribution in [0.2, 0.25) is 0 Å². The Bertz CT molecular complexity index is 707. The van der Waals surface area contributed by atoms with Crippen LogP contribution in [-0.2, 0) is 16.0 Å². The van der Waals surface area contributed by atoms with Gasteiger partial charge in [-0.2, -0.15) is 0 Å². The lowest BCUT2D eigenvalue weighted by Crippen LogP contribution is -2.21. The molecule has 0 spiro atoms. The topological polar surface area (TPSA) is 75.6 Å². The first-order valence-corrected chi connectivity index (χ1v) is 7.35. The summed E-state index contributed by atoms with van der Waals surface area (Å²) in [5.41, 5.74) is 2.67. The van der Waals surface area contributed by atoms with E-state index in [-0.39, 0.29) is 11.3 Å². The summed E-state index contributed by atoms with van der Waals surface area (Å²) in [7, 11) is 0. The lowest BCUT2D eigenvalue weighted by Gasteiger charge is -2.08. The summed E-state index contributed by atoms with van der Waals surface area (Å²) in [5, 5.41) is 12.4. The van der Waals surface area contributed by atoms with E-state index in [0.717, 1.165) is 12.0 Å². The van der Waals surface area contributed by atoms with E-state index in [1.165, 1.54) is 17.7 Å². The number of aryl methyl sites for hydroxylation is 2. The molecular weight excluding hydrogens is 294 g/mol. The Morgan fingerprint density at radius 3 is 2.43 bits per heavy atom. The van der Waals surface area contributed by atoms with Gasteiger partial charge in [0.1, 0.15) is 11.3 Å². The van der Waals surface area contributed by atoms with Gasteiger partial charge in [0.05, 0.1) is 0 Å². The maximum absolute atomic E-state index is 11.9. The number of nitrogens with one attached hydrogen (secondary N) is 1. The van der Waals surface area contributed by atoms with Crippen molar-refractivity contribution in [2.24, 2.45) is 0 Å². The van der Waals surface area contributed by atoms with Crippen LogP contribution in [-0.4, -0.2) is 23.6 Å². The molecule has 0 saturated heterocycles. The number of carbonyl (C=O) groups excluding carboxylic acids is 2. The molecule has 2 N–H and O–H groups in total. The van der Waals surface area contributed by atoms with Crippen molar-refractivity contribution in [3.63, 3.8) is 0 Å². The van der Waals surface area contributed by atoms with Crippen LogP contribution < -0.4 is 5.32 Å². The SMILES string of the molecule is CCc1ccc(NC(=O)COC(=O)c2ccc(C)cc2O)cc1. The maximum atomic E-state index is 11.9. The van der Waals surface area contributed by atoms with Gasteiger partial charge in [0.2, 0.25) is 0 Å². The summed E-state index contributed by atoms with van der Waals surface area (Å²) in [6.07, 6.45) is 0.923. The molecule has 5 nitrogen and oxygen atoms in total. The normalized spacial score (nSPS) is 10.2. The minimum Gasteiger partial charge on any atom is -0.507 e. The number of rotatable bonds is 5. The van der Waals surface area contributed by atoms with Gasteiger partial charge in [-0.15, -0.1) is 0 Å². The van der Waals surface area contributed by atoms with Gasteiger partial charge in [-0.1, -0.05) is 25.1 Å². The fourth-order valence-corrected chi connectivity index (χ4v) is 2.04. The number of hydrogen-bond donors (Lipinski definition) is 2. The Labute approximate surface area is 134 Å². The minimum absolute atomic E-state index is 0.0377. The van der Waals surface area contributed by atoms with Crippen LogP contribution in [0.5, 0.6) is 5.75 Å². The Balaban J connectivity index is 1.89. The summed E-state index contributed by atoms with van der Waals surface area (Å²) >= 11 is 0. The molecule has 120 valence electrons. The third kappa shape index (κ3) is 4.57. The highest BCUT2D eigenvalue weighted by Gasteiger charge is 2.14. The van der Waals surface area contributed by atoms with Crippen LogP contribution >= 0.6 is 0 Å². The molecule has 2 aromatic carbocycles. The predicted molar refractivity (Wildman–Crippen MR) is 87.6 cm³/mol. The van der Waals surface area contributed by atoms with Crippen LogP contribution in [0.25, 0.3) is 0 Å². The van der Waals surface area contributed by atoms with Gasteiger partial charge < -0.3 is 15.2 Å². The first-order valence-electron chi connectivity index (χ1n) is 7.35. The number of phenols is 1. The number of anilines is 1. The summed E-state index contributed by atoms with van der Waals surface area (Å²) in [6, 6.07) is 12.1. The lowest BCUT2D eigenvalue weighted by atomic mass is 10.1. The largest absolute Gasteiger partial charge is 0.507 e. The highest BCUT2D eigenvalue weighted by atomic mass is 16.5. The van der Waals surface area contributed by atoms with E-state index in [0.29, 0.717) is 5.69 Å². The number of esters is 1. The minimum atomic E-state index is -0.737. The van der Waals surface area contributed by atoms with Crippen molar-refractivity contribution < 1.29 is 19.4 Å². The summed E-state index contributed by atoms with van der Waals surface area (Å²) in [6.45, 7) is 3.43. The van der Waals surface area contributed by atoms with Gasteiger partial charge in [-0.3, -0.25) is 4.79 Å². The molecule has 0 aliphatic heterocycles. The van der Waals surface area contributed by atoms with Crippen LogP contribution in [0.15, 0.2) is 42.5 Å². The van der Waals surface area contributed by atoms with E-state index in [1.54, 1.807) is 25.1 Å². The van der Waals surface area contributed by atoms with Crippen LogP contribution in [0.1, 0.15) is 28.4 Å². The molecule has 0 bridgehead atoms. The first-order chi connectivity index (χ1) is 11.0. The van der Waals surface area contributed by atoms with Gasteiger partial charge in [-0.25, -0.2) is 4.79 Å². The number of carbonyl (C=O) groups is 2. The standard InChI is InChI=1S/C18H19NO4/c1-3-13-5-7-14(8-6-13)19-17(21)11-23-18(22)15-9-4-12(2)10-16(15)20/h4-10,20H,3,11H2,1-2H3,(H,19,21). The number of amides is 1. The molecule has 23 heavy (non-hydrogen) atoms. The summed E-state index contributed by atoms with van der Waals surface area (Å²) < 4.78 is 4.92. The van der Waals surface area contributed by atoms with E-state index < -0.39 is 18.5 Å². The zero-order valence-corrected chi connectivity index (χ0v) is 13.1. The molecule has 2 rings (SSSR count). The van der Waals surface area contributed by atoms with Crippen LogP contribution in [0.4, 0.5) is 5.69 Å². The Kier molecular flexibility index (Phi) is 5.36. The van der Waals surface area contributed by atoms with E-state index in [1.807, 2.05) is 19.1 Å². The van der Waals surface area contributed by atoms with Crippen LogP contribution in [0, 0.1) is 6.92 Å². The van der Waals surface area contributed by atoms with E-state index in [9.17, 15) is 14.7 Å². The second-order valence-corrected chi connectivity index (χ2v) is 5.20. The molecule has 0 fully saturated rings. The highest BCUT2D eigenvalue weighted by molar-refractivity contribution is 5.96. The quantitative estimate of drug-likeness (QED) is 0.832. The van der Waals surface area contributed by atoms with Crippen molar-refractivity contribution in [2.75, 3.05) is 11.9 Å². The molecule has 0 unspecified atom stereocenters. The van der Waals surface area contributed by atoms with E-state index in [2.05, 4.69) is 5.32 Å². The zero-order valence-electron chi connectivity index (χ0n) is 13.1. The van der Waals surface area contributed by atoms with Gasteiger partial charge >= 0.3 is 5.97 Å². The molecule has 2 aromatic rings. The number of ether oxygens (including phenoxy) is 1. The number of aromatic hydroxyl groups is 1. The summed E-state index contributed by atoms with van der Waals surface area (Å²) in [5.74, 6) is -1.33. The van der Waals surface area contributed by atoms with Crippen molar-refractivity contribution in [3.05, 3.63) is 59.2 Å². The number of hydrogen-bond acceptors (Lipinski definition) is 4.